The zero-order valence-electron chi connectivity index (χ0n) is 20.5. The van der Waals surface area contributed by atoms with Crippen LogP contribution in [0.25, 0.3) is 6.08 Å². The second-order valence-electron chi connectivity index (χ2n) is 9.87. The lowest BCUT2D eigenvalue weighted by molar-refractivity contribution is -0.115. The third kappa shape index (κ3) is 5.68. The van der Waals surface area contributed by atoms with Gasteiger partial charge < -0.3 is 9.64 Å². The topological polar surface area (TPSA) is 75.6 Å². The first kappa shape index (κ1) is 23.8. The highest BCUT2D eigenvalue weighted by molar-refractivity contribution is 6.03. The van der Waals surface area contributed by atoms with Crippen LogP contribution in [-0.4, -0.2) is 65.8 Å². The van der Waals surface area contributed by atoms with E-state index in [4.69, 9.17) is 4.74 Å². The number of anilines is 1. The van der Waals surface area contributed by atoms with E-state index in [0.29, 0.717) is 24.5 Å². The van der Waals surface area contributed by atoms with Gasteiger partial charge in [0.25, 0.3) is 0 Å². The van der Waals surface area contributed by atoms with Crippen molar-refractivity contribution >= 4 is 23.3 Å². The van der Waals surface area contributed by atoms with Crippen molar-refractivity contribution in [2.75, 3.05) is 44.3 Å². The fourth-order valence-corrected chi connectivity index (χ4v) is 5.19. The molecule has 2 saturated heterocycles. The van der Waals surface area contributed by atoms with Crippen molar-refractivity contribution in [2.45, 2.75) is 45.6 Å². The predicted molar refractivity (Wildman–Crippen MR) is 135 cm³/mol. The van der Waals surface area contributed by atoms with Crippen LogP contribution >= 0.6 is 0 Å². The largest absolute Gasteiger partial charge is 0.381 e. The van der Waals surface area contributed by atoms with Gasteiger partial charge in [0.2, 0.25) is 0 Å². The molecule has 0 unspecified atom stereocenters. The molecule has 184 valence electrons. The Balaban J connectivity index is 1.12. The Kier molecular flexibility index (Phi) is 7.35. The smallest absolute Gasteiger partial charge is 0.181 e. The van der Waals surface area contributed by atoms with Crippen LogP contribution in [0.15, 0.2) is 36.2 Å². The maximum absolute atomic E-state index is 12.5. The SMILES string of the molecule is CCC1=Cc2ncc(CN3CCN(c4ccc(C(=O)CC[C@@H]5CCOC5)nc4)CC3)cc2CC1=O. The maximum Gasteiger partial charge on any atom is 0.181 e. The van der Waals surface area contributed by atoms with E-state index in [1.165, 1.54) is 0 Å². The number of hydrogen-bond donors (Lipinski definition) is 0. The highest BCUT2D eigenvalue weighted by atomic mass is 16.5. The molecule has 2 aliphatic heterocycles. The minimum absolute atomic E-state index is 0.120. The van der Waals surface area contributed by atoms with Crippen LogP contribution < -0.4 is 4.90 Å². The standard InChI is InChI=1S/C28H34N4O3/c1-2-22-14-26-23(15-28(22)34)13-21(16-29-26)18-31-8-10-32(11-9-31)24-4-5-25(30-17-24)27(33)6-3-20-7-12-35-19-20/h4-5,13-14,16-17,20H,2-3,6-12,15,18-19H2,1H3/t20-/m1/s1. The fourth-order valence-electron chi connectivity index (χ4n) is 5.19. The van der Waals surface area contributed by atoms with Gasteiger partial charge in [0.15, 0.2) is 11.6 Å². The van der Waals surface area contributed by atoms with E-state index in [9.17, 15) is 9.59 Å². The summed E-state index contributed by atoms with van der Waals surface area (Å²) in [6.45, 7) is 8.17. The molecule has 0 spiro atoms. The van der Waals surface area contributed by atoms with E-state index < -0.39 is 0 Å². The summed E-state index contributed by atoms with van der Waals surface area (Å²) in [6, 6.07) is 6.04. The molecule has 7 heteroatoms. The average molecular weight is 475 g/mol. The number of carbonyl (C=O) groups is 2. The quantitative estimate of drug-likeness (QED) is 0.540. The number of carbonyl (C=O) groups excluding carboxylic acids is 2. The Morgan fingerprint density at radius 3 is 2.71 bits per heavy atom. The van der Waals surface area contributed by atoms with Crippen molar-refractivity contribution in [3.05, 3.63) is 58.7 Å². The summed E-state index contributed by atoms with van der Waals surface area (Å²) in [4.78, 5) is 38.6. The third-order valence-electron chi connectivity index (χ3n) is 7.44. The highest BCUT2D eigenvalue weighted by Crippen LogP contribution is 2.24. The fraction of sp³-hybridized carbons (Fsp3) is 0.500. The number of ether oxygens (including phenoxy) is 1. The number of piperazine rings is 1. The molecule has 0 aromatic carbocycles. The van der Waals surface area contributed by atoms with Crippen LogP contribution in [0, 0.1) is 5.92 Å². The number of fused-ring (bicyclic) bond motifs is 1. The lowest BCUT2D eigenvalue weighted by Gasteiger charge is -2.36. The van der Waals surface area contributed by atoms with Gasteiger partial charge in [-0.05, 0) is 60.1 Å². The molecule has 4 heterocycles. The van der Waals surface area contributed by atoms with Gasteiger partial charge >= 0.3 is 0 Å². The van der Waals surface area contributed by atoms with Crippen molar-refractivity contribution in [2.24, 2.45) is 5.92 Å². The first-order valence-electron chi connectivity index (χ1n) is 12.8. The number of allylic oxidation sites excluding steroid dienone is 1. The summed E-state index contributed by atoms with van der Waals surface area (Å²) >= 11 is 0. The van der Waals surface area contributed by atoms with Crippen molar-refractivity contribution in [1.82, 2.24) is 14.9 Å². The summed E-state index contributed by atoms with van der Waals surface area (Å²) in [5.74, 6) is 0.854. The summed E-state index contributed by atoms with van der Waals surface area (Å²) < 4.78 is 5.40. The molecule has 0 radical (unpaired) electrons. The number of ketones is 2. The molecule has 5 rings (SSSR count). The van der Waals surface area contributed by atoms with Gasteiger partial charge in [-0.15, -0.1) is 0 Å². The lowest BCUT2D eigenvalue weighted by Crippen LogP contribution is -2.46. The monoisotopic (exact) mass is 474 g/mol. The van der Waals surface area contributed by atoms with Gasteiger partial charge in [-0.1, -0.05) is 13.0 Å². The maximum atomic E-state index is 12.5. The summed E-state index contributed by atoms with van der Waals surface area (Å²) in [6.07, 6.45) is 9.44. The van der Waals surface area contributed by atoms with E-state index in [1.807, 2.05) is 37.5 Å². The Bertz CT molecular complexity index is 1100. The molecule has 35 heavy (non-hydrogen) atoms. The van der Waals surface area contributed by atoms with Crippen molar-refractivity contribution in [1.29, 1.82) is 0 Å². The normalized spacial score (nSPS) is 20.6. The first-order chi connectivity index (χ1) is 17.1. The average Bonchev–Trinajstić information content (AvgIpc) is 3.41. The number of aromatic nitrogens is 2. The Morgan fingerprint density at radius 1 is 1.14 bits per heavy atom. The molecule has 1 atom stereocenters. The summed E-state index contributed by atoms with van der Waals surface area (Å²) in [5, 5.41) is 0. The van der Waals surface area contributed by atoms with E-state index in [1.54, 1.807) is 0 Å². The summed E-state index contributed by atoms with van der Waals surface area (Å²) in [5.41, 5.74) is 5.65. The van der Waals surface area contributed by atoms with Gasteiger partial charge in [-0.3, -0.25) is 24.5 Å². The number of rotatable bonds is 8. The lowest BCUT2D eigenvalue weighted by atomic mass is 9.92. The summed E-state index contributed by atoms with van der Waals surface area (Å²) in [7, 11) is 0. The molecular weight excluding hydrogens is 440 g/mol. The molecule has 2 aromatic rings. The molecule has 2 fully saturated rings. The van der Waals surface area contributed by atoms with E-state index >= 15 is 0 Å². The van der Waals surface area contributed by atoms with E-state index in [2.05, 4.69) is 25.8 Å². The minimum Gasteiger partial charge on any atom is -0.381 e. The van der Waals surface area contributed by atoms with Gasteiger partial charge in [-0.25, -0.2) is 0 Å². The first-order valence-corrected chi connectivity index (χ1v) is 12.8. The Labute approximate surface area is 207 Å². The van der Waals surface area contributed by atoms with Gasteiger partial charge in [0, 0.05) is 65.0 Å². The molecule has 1 aliphatic carbocycles. The second kappa shape index (κ2) is 10.8. The van der Waals surface area contributed by atoms with Gasteiger partial charge in [0.05, 0.1) is 17.6 Å². The van der Waals surface area contributed by atoms with Crippen LogP contribution in [0.5, 0.6) is 0 Å². The molecule has 2 aromatic heterocycles. The van der Waals surface area contributed by atoms with Crippen molar-refractivity contribution < 1.29 is 14.3 Å². The van der Waals surface area contributed by atoms with Gasteiger partial charge in [-0.2, -0.15) is 0 Å². The third-order valence-corrected chi connectivity index (χ3v) is 7.44. The zero-order valence-corrected chi connectivity index (χ0v) is 20.5. The molecule has 0 bridgehead atoms. The molecule has 0 saturated carbocycles. The minimum atomic E-state index is 0.120. The van der Waals surface area contributed by atoms with Crippen LogP contribution in [0.1, 0.15) is 59.9 Å². The number of hydrogen-bond acceptors (Lipinski definition) is 7. The van der Waals surface area contributed by atoms with Gasteiger partial charge in [0.1, 0.15) is 5.69 Å². The zero-order chi connectivity index (χ0) is 24.2. The number of pyridine rings is 2. The Morgan fingerprint density at radius 2 is 2.00 bits per heavy atom. The van der Waals surface area contributed by atoms with Crippen molar-refractivity contribution in [3.63, 3.8) is 0 Å². The van der Waals surface area contributed by atoms with Crippen LogP contribution in [0.2, 0.25) is 0 Å². The number of Topliss-reactive ketones (excluding diaryl/α,β-unsaturated/α-hetero) is 2. The predicted octanol–water partition coefficient (Wildman–Crippen LogP) is 3.72. The van der Waals surface area contributed by atoms with Crippen LogP contribution in [-0.2, 0) is 22.5 Å². The second-order valence-corrected chi connectivity index (χ2v) is 9.87. The highest BCUT2D eigenvalue weighted by Gasteiger charge is 2.22. The van der Waals surface area contributed by atoms with E-state index in [-0.39, 0.29) is 11.6 Å². The molecule has 3 aliphatic rings. The van der Waals surface area contributed by atoms with Crippen molar-refractivity contribution in [3.8, 4) is 0 Å². The molecule has 0 N–H and O–H groups in total. The molecule has 7 nitrogen and oxygen atoms in total. The molecule has 0 amide bonds. The number of nitrogens with zero attached hydrogens (tertiary/aromatic N) is 4. The van der Waals surface area contributed by atoms with Crippen LogP contribution in [0.4, 0.5) is 5.69 Å². The van der Waals surface area contributed by atoms with Crippen LogP contribution in [0.3, 0.4) is 0 Å². The molecular formula is C28H34N4O3. The Hall–Kier alpha value is -2.90. The van der Waals surface area contributed by atoms with E-state index in [0.717, 1.165) is 93.3 Å².